The van der Waals surface area contributed by atoms with Crippen molar-refractivity contribution in [3.05, 3.63) is 77.3 Å². The van der Waals surface area contributed by atoms with Crippen LogP contribution in [0.4, 0.5) is 17.6 Å². The van der Waals surface area contributed by atoms with Crippen molar-refractivity contribution in [2.24, 2.45) is 0 Å². The second-order valence-corrected chi connectivity index (χ2v) is 10.4. The molecule has 2 aromatic heterocycles. The highest BCUT2D eigenvalue weighted by Crippen LogP contribution is 2.31. The average Bonchev–Trinajstić information content (AvgIpc) is 3.47. The molecule has 0 bridgehead atoms. The smallest absolute Gasteiger partial charge is 0.243 e. The van der Waals surface area contributed by atoms with Crippen molar-refractivity contribution in [2.75, 3.05) is 13.1 Å². The summed E-state index contributed by atoms with van der Waals surface area (Å²) in [6.07, 6.45) is 1.50. The maximum Gasteiger partial charge on any atom is 0.243 e. The molecule has 0 atom stereocenters. The molecule has 186 valence electrons. The average molecular weight is 528 g/mol. The summed E-state index contributed by atoms with van der Waals surface area (Å²) in [6, 6.07) is 8.59. The van der Waals surface area contributed by atoms with Gasteiger partial charge in [0.1, 0.15) is 5.76 Å². The lowest BCUT2D eigenvalue weighted by Crippen LogP contribution is -2.30. The van der Waals surface area contributed by atoms with E-state index in [2.05, 4.69) is 4.98 Å². The van der Waals surface area contributed by atoms with Gasteiger partial charge in [-0.1, -0.05) is 25.6 Å². The molecule has 0 aliphatic carbocycles. The van der Waals surface area contributed by atoms with Crippen LogP contribution in [0.1, 0.15) is 25.2 Å². The third-order valence-electron chi connectivity index (χ3n) is 5.46. The summed E-state index contributed by atoms with van der Waals surface area (Å²) in [5, 5.41) is 0.332. The SMILES string of the molecule is CCN(CC)S(=O)(=O)c1ccc2c(c1)nc(SCc1cc(F)c(F)c(F)c1F)n2Cc1ccco1. The fourth-order valence-corrected chi connectivity index (χ4v) is 6.11. The minimum Gasteiger partial charge on any atom is -0.467 e. The van der Waals surface area contributed by atoms with Crippen molar-refractivity contribution in [2.45, 2.75) is 36.2 Å². The van der Waals surface area contributed by atoms with Crippen LogP contribution in [-0.2, 0) is 22.3 Å². The van der Waals surface area contributed by atoms with Crippen LogP contribution in [0.25, 0.3) is 11.0 Å². The third-order valence-corrected chi connectivity index (χ3v) is 8.53. The number of fused-ring (bicyclic) bond motifs is 1. The molecule has 0 aliphatic rings. The van der Waals surface area contributed by atoms with Crippen LogP contribution < -0.4 is 0 Å². The molecule has 2 aromatic carbocycles. The molecule has 0 saturated carbocycles. The Morgan fingerprint density at radius 2 is 1.77 bits per heavy atom. The summed E-state index contributed by atoms with van der Waals surface area (Å²) >= 11 is 0.968. The third kappa shape index (κ3) is 4.82. The fraction of sp³-hybridized carbons (Fsp3) is 0.261. The van der Waals surface area contributed by atoms with E-state index in [0.29, 0.717) is 41.1 Å². The normalized spacial score (nSPS) is 12.2. The molecule has 6 nitrogen and oxygen atoms in total. The highest BCUT2D eigenvalue weighted by molar-refractivity contribution is 7.98. The molecular weight excluding hydrogens is 506 g/mol. The number of halogens is 4. The summed E-state index contributed by atoms with van der Waals surface area (Å²) in [7, 11) is -3.73. The summed E-state index contributed by atoms with van der Waals surface area (Å²) in [6.45, 7) is 4.32. The molecule has 0 saturated heterocycles. The van der Waals surface area contributed by atoms with E-state index in [-0.39, 0.29) is 22.8 Å². The van der Waals surface area contributed by atoms with Crippen molar-refractivity contribution >= 4 is 32.8 Å². The van der Waals surface area contributed by atoms with Gasteiger partial charge in [0, 0.05) is 24.4 Å². The minimum atomic E-state index is -3.73. The van der Waals surface area contributed by atoms with Gasteiger partial charge in [0.2, 0.25) is 10.0 Å². The Morgan fingerprint density at radius 3 is 2.43 bits per heavy atom. The zero-order valence-corrected chi connectivity index (χ0v) is 20.4. The van der Waals surface area contributed by atoms with Crippen molar-refractivity contribution in [1.82, 2.24) is 13.9 Å². The predicted octanol–water partition coefficient (Wildman–Crippen LogP) is 5.56. The number of benzene rings is 2. The van der Waals surface area contributed by atoms with Crippen molar-refractivity contribution < 1.29 is 30.4 Å². The number of hydrogen-bond acceptors (Lipinski definition) is 5. The van der Waals surface area contributed by atoms with Gasteiger partial charge in [-0.05, 0) is 36.4 Å². The number of imidazole rings is 1. The maximum absolute atomic E-state index is 14.2. The molecule has 0 amide bonds. The lowest BCUT2D eigenvalue weighted by molar-refractivity contribution is 0.405. The Kier molecular flexibility index (Phi) is 7.25. The standard InChI is InChI=1S/C23H21F4N3O3S2/c1-3-29(4-2)35(31,32)16-7-8-19-18(11-16)28-23(30(19)12-15-6-5-9-33-15)34-13-14-10-17(24)21(26)22(27)20(14)25/h5-11H,3-4,12-13H2,1-2H3. The van der Waals surface area contributed by atoms with E-state index in [1.165, 1.54) is 22.7 Å². The topological polar surface area (TPSA) is 68.3 Å². The van der Waals surface area contributed by atoms with Crippen molar-refractivity contribution in [1.29, 1.82) is 0 Å². The molecule has 0 spiro atoms. The Hall–Kier alpha value is -2.83. The van der Waals surface area contributed by atoms with Gasteiger partial charge < -0.3 is 8.98 Å². The van der Waals surface area contributed by atoms with Crippen LogP contribution in [0.5, 0.6) is 0 Å². The first-order chi connectivity index (χ1) is 16.7. The lowest BCUT2D eigenvalue weighted by Gasteiger charge is -2.18. The number of hydrogen-bond donors (Lipinski definition) is 0. The van der Waals surface area contributed by atoms with Gasteiger partial charge in [0.25, 0.3) is 0 Å². The Morgan fingerprint density at radius 1 is 1.03 bits per heavy atom. The molecule has 0 radical (unpaired) electrons. The van der Waals surface area contributed by atoms with Gasteiger partial charge in [0.05, 0.1) is 28.7 Å². The van der Waals surface area contributed by atoms with Gasteiger partial charge >= 0.3 is 0 Å². The summed E-state index contributed by atoms with van der Waals surface area (Å²) in [5.74, 6) is -6.38. The Balaban J connectivity index is 1.75. The second kappa shape index (κ2) is 10.0. The minimum absolute atomic E-state index is 0.0709. The van der Waals surface area contributed by atoms with Crippen LogP contribution in [0.2, 0.25) is 0 Å². The second-order valence-electron chi connectivity index (χ2n) is 7.55. The van der Waals surface area contributed by atoms with Crippen molar-refractivity contribution in [3.8, 4) is 0 Å². The van der Waals surface area contributed by atoms with Crippen LogP contribution in [0.3, 0.4) is 0 Å². The number of thioether (sulfide) groups is 1. The van der Waals surface area contributed by atoms with Crippen LogP contribution >= 0.6 is 11.8 Å². The number of rotatable bonds is 9. The number of furan rings is 1. The van der Waals surface area contributed by atoms with Crippen LogP contribution in [-0.4, -0.2) is 35.4 Å². The maximum atomic E-state index is 14.2. The van der Waals surface area contributed by atoms with E-state index >= 15 is 0 Å². The number of aromatic nitrogens is 2. The fourth-order valence-electron chi connectivity index (χ4n) is 3.65. The Bertz CT molecular complexity index is 1470. The highest BCUT2D eigenvalue weighted by Gasteiger charge is 2.24. The molecule has 35 heavy (non-hydrogen) atoms. The lowest BCUT2D eigenvalue weighted by atomic mass is 10.2. The monoisotopic (exact) mass is 527 g/mol. The van der Waals surface area contributed by atoms with Gasteiger partial charge in [0.15, 0.2) is 28.4 Å². The summed E-state index contributed by atoms with van der Waals surface area (Å²) < 4.78 is 89.2. The molecule has 0 fully saturated rings. The zero-order chi connectivity index (χ0) is 25.3. The first kappa shape index (κ1) is 25.3. The quantitative estimate of drug-likeness (QED) is 0.123. The number of sulfonamides is 1. The van der Waals surface area contributed by atoms with Gasteiger partial charge in [-0.2, -0.15) is 4.31 Å². The van der Waals surface area contributed by atoms with E-state index in [1.807, 2.05) is 0 Å². The zero-order valence-electron chi connectivity index (χ0n) is 18.8. The molecular formula is C23H21F4N3O3S2. The van der Waals surface area contributed by atoms with E-state index < -0.39 is 33.3 Å². The van der Waals surface area contributed by atoms with Gasteiger partial charge in [-0.15, -0.1) is 0 Å². The first-order valence-electron chi connectivity index (χ1n) is 10.6. The molecule has 4 aromatic rings. The summed E-state index contributed by atoms with van der Waals surface area (Å²) in [4.78, 5) is 4.57. The molecule has 0 N–H and O–H groups in total. The number of nitrogens with zero attached hydrogens (tertiary/aromatic N) is 3. The van der Waals surface area contributed by atoms with E-state index in [1.54, 1.807) is 36.6 Å². The van der Waals surface area contributed by atoms with Gasteiger partial charge in [-0.3, -0.25) is 0 Å². The van der Waals surface area contributed by atoms with Gasteiger partial charge in [-0.25, -0.2) is 31.0 Å². The summed E-state index contributed by atoms with van der Waals surface area (Å²) in [5.41, 5.74) is 0.580. The molecule has 0 aliphatic heterocycles. The predicted molar refractivity (Wildman–Crippen MR) is 123 cm³/mol. The highest BCUT2D eigenvalue weighted by atomic mass is 32.2. The van der Waals surface area contributed by atoms with E-state index in [9.17, 15) is 26.0 Å². The Labute approximate surface area is 203 Å². The first-order valence-corrected chi connectivity index (χ1v) is 13.1. The molecule has 2 heterocycles. The van der Waals surface area contributed by atoms with Crippen LogP contribution in [0.15, 0.2) is 57.1 Å². The van der Waals surface area contributed by atoms with Crippen LogP contribution in [0, 0.1) is 23.3 Å². The molecule has 0 unspecified atom stereocenters. The molecule has 4 rings (SSSR count). The van der Waals surface area contributed by atoms with Crippen molar-refractivity contribution in [3.63, 3.8) is 0 Å². The largest absolute Gasteiger partial charge is 0.467 e. The van der Waals surface area contributed by atoms with E-state index in [0.717, 1.165) is 11.8 Å². The van der Waals surface area contributed by atoms with E-state index in [4.69, 9.17) is 4.42 Å². The molecule has 12 heteroatoms.